The number of thiazole rings is 1. The molecule has 11 heteroatoms. The fourth-order valence-corrected chi connectivity index (χ4v) is 5.56. The Hall–Kier alpha value is -3.60. The van der Waals surface area contributed by atoms with Crippen molar-refractivity contribution in [1.29, 1.82) is 0 Å². The Morgan fingerprint density at radius 3 is 2.29 bits per heavy atom. The van der Waals surface area contributed by atoms with Gasteiger partial charge in [0.1, 0.15) is 22.8 Å². The van der Waals surface area contributed by atoms with E-state index in [1.807, 2.05) is 94.3 Å². The molecule has 0 aliphatic heterocycles. The summed E-state index contributed by atoms with van der Waals surface area (Å²) in [6, 6.07) is 9.65. The van der Waals surface area contributed by atoms with Crippen LogP contribution in [-0.4, -0.2) is 69.9 Å². The Morgan fingerprint density at radius 1 is 0.956 bits per heavy atom. The molecule has 1 aromatic carbocycles. The van der Waals surface area contributed by atoms with Crippen molar-refractivity contribution in [3.63, 3.8) is 0 Å². The molecule has 1 N–H and O–H groups in total. The monoisotopic (exact) mass is 642 g/mol. The molecule has 248 valence electrons. The van der Waals surface area contributed by atoms with E-state index in [4.69, 9.17) is 14.2 Å². The molecule has 0 atom stereocenters. The van der Waals surface area contributed by atoms with Crippen molar-refractivity contribution in [2.75, 3.05) is 19.6 Å². The van der Waals surface area contributed by atoms with Crippen LogP contribution in [0.3, 0.4) is 0 Å². The Balaban J connectivity index is 1.55. The van der Waals surface area contributed by atoms with Gasteiger partial charge in [-0.2, -0.15) is 0 Å². The second-order valence-electron chi connectivity index (χ2n) is 13.2. The molecule has 0 radical (unpaired) electrons. The van der Waals surface area contributed by atoms with Crippen molar-refractivity contribution in [3.05, 3.63) is 58.1 Å². The quantitative estimate of drug-likeness (QED) is 0.235. The number of carbonyl (C=O) groups is 3. The van der Waals surface area contributed by atoms with Gasteiger partial charge in [0.2, 0.25) is 0 Å². The number of aromatic nitrogens is 1. The lowest BCUT2D eigenvalue weighted by atomic mass is 9.94. The summed E-state index contributed by atoms with van der Waals surface area (Å²) in [5, 5.41) is 5.35. The number of nitrogens with zero attached hydrogens (tertiary/aromatic N) is 3. The van der Waals surface area contributed by atoms with Gasteiger partial charge in [0, 0.05) is 31.1 Å². The first kappa shape index (κ1) is 35.9. The molecule has 1 saturated carbocycles. The van der Waals surface area contributed by atoms with E-state index >= 15 is 0 Å². The van der Waals surface area contributed by atoms with Crippen molar-refractivity contribution in [3.8, 4) is 0 Å². The van der Waals surface area contributed by atoms with E-state index in [1.54, 1.807) is 4.90 Å². The molecule has 1 heterocycles. The summed E-state index contributed by atoms with van der Waals surface area (Å²) in [4.78, 5) is 46.3. The van der Waals surface area contributed by atoms with Crippen LogP contribution < -0.4 is 5.32 Å². The first-order chi connectivity index (χ1) is 21.3. The summed E-state index contributed by atoms with van der Waals surface area (Å²) in [7, 11) is 0. The molecule has 45 heavy (non-hydrogen) atoms. The summed E-state index contributed by atoms with van der Waals surface area (Å²) in [5.74, 6) is 0. The Labute approximate surface area is 272 Å². The minimum absolute atomic E-state index is 0.155. The maximum absolute atomic E-state index is 13.1. The van der Waals surface area contributed by atoms with E-state index in [-0.39, 0.29) is 25.3 Å². The van der Waals surface area contributed by atoms with Gasteiger partial charge in [-0.1, -0.05) is 55.7 Å². The van der Waals surface area contributed by atoms with Crippen molar-refractivity contribution >= 4 is 35.7 Å². The minimum atomic E-state index is -0.636. The van der Waals surface area contributed by atoms with Gasteiger partial charge >= 0.3 is 18.3 Å². The van der Waals surface area contributed by atoms with E-state index in [1.165, 1.54) is 17.8 Å². The Kier molecular flexibility index (Phi) is 13.7. The van der Waals surface area contributed by atoms with E-state index in [0.717, 1.165) is 41.9 Å². The zero-order chi connectivity index (χ0) is 32.9. The maximum Gasteiger partial charge on any atom is 0.410 e. The number of carbonyl (C=O) groups excluding carboxylic acids is 3. The van der Waals surface area contributed by atoms with E-state index in [9.17, 15) is 14.4 Å². The number of rotatable bonds is 12. The first-order valence-electron chi connectivity index (χ1n) is 15.8. The molecule has 2 aromatic rings. The van der Waals surface area contributed by atoms with Gasteiger partial charge in [0.05, 0.1) is 12.2 Å². The predicted octanol–water partition coefficient (Wildman–Crippen LogP) is 7.78. The van der Waals surface area contributed by atoms with Gasteiger partial charge in [0.15, 0.2) is 0 Å². The number of benzene rings is 1. The predicted molar refractivity (Wildman–Crippen MR) is 177 cm³/mol. The molecular weight excluding hydrogens is 592 g/mol. The van der Waals surface area contributed by atoms with Crippen LogP contribution in [0.25, 0.3) is 6.08 Å². The SMILES string of the molecule is CC(C)(C)OC(=O)N(C/C=C/c1csc(CNC(=O)OCc2ccccc2)n1)CCCN(C(=O)OC(C)(C)C)C1CCCCC1. The molecule has 1 aliphatic carbocycles. The highest BCUT2D eigenvalue weighted by Gasteiger charge is 2.30. The molecular formula is C34H50N4O6S. The second kappa shape index (κ2) is 17.2. The fraction of sp³-hybridized carbons (Fsp3) is 0.588. The molecule has 1 fully saturated rings. The summed E-state index contributed by atoms with van der Waals surface area (Å²) in [6.45, 7) is 12.9. The zero-order valence-corrected chi connectivity index (χ0v) is 28.5. The van der Waals surface area contributed by atoms with E-state index < -0.39 is 23.4 Å². The Morgan fingerprint density at radius 2 is 1.62 bits per heavy atom. The molecule has 0 saturated heterocycles. The number of hydrogen-bond donors (Lipinski definition) is 1. The van der Waals surface area contributed by atoms with Crippen molar-refractivity contribution in [1.82, 2.24) is 20.1 Å². The summed E-state index contributed by atoms with van der Waals surface area (Å²) in [6.07, 6.45) is 8.44. The van der Waals surface area contributed by atoms with Gasteiger partial charge in [-0.15, -0.1) is 11.3 Å². The lowest BCUT2D eigenvalue weighted by Gasteiger charge is -2.36. The van der Waals surface area contributed by atoms with Crippen LogP contribution in [0.4, 0.5) is 14.4 Å². The molecule has 1 aromatic heterocycles. The number of hydrogen-bond acceptors (Lipinski definition) is 8. The third-order valence-corrected chi connectivity index (χ3v) is 7.77. The average molecular weight is 643 g/mol. The van der Waals surface area contributed by atoms with Crippen molar-refractivity contribution in [2.24, 2.45) is 0 Å². The summed E-state index contributed by atoms with van der Waals surface area (Å²) < 4.78 is 16.7. The van der Waals surface area contributed by atoms with Gasteiger partial charge in [-0.05, 0) is 72.4 Å². The molecule has 10 nitrogen and oxygen atoms in total. The van der Waals surface area contributed by atoms with Crippen molar-refractivity contribution < 1.29 is 28.6 Å². The lowest BCUT2D eigenvalue weighted by Crippen LogP contribution is -2.46. The molecule has 3 amide bonds. The van der Waals surface area contributed by atoms with E-state index in [0.29, 0.717) is 26.1 Å². The lowest BCUT2D eigenvalue weighted by molar-refractivity contribution is 0.0103. The highest BCUT2D eigenvalue weighted by Crippen LogP contribution is 2.25. The topological polar surface area (TPSA) is 110 Å². The summed E-state index contributed by atoms with van der Waals surface area (Å²) >= 11 is 1.43. The number of nitrogens with one attached hydrogen (secondary N) is 1. The van der Waals surface area contributed by atoms with Crippen LogP contribution in [0.2, 0.25) is 0 Å². The summed E-state index contributed by atoms with van der Waals surface area (Å²) in [5.41, 5.74) is 0.434. The molecule has 0 bridgehead atoms. The molecule has 0 unspecified atom stereocenters. The normalized spacial score (nSPS) is 14.2. The first-order valence-corrected chi connectivity index (χ1v) is 16.7. The van der Waals surface area contributed by atoms with Crippen LogP contribution in [0.15, 0.2) is 41.8 Å². The van der Waals surface area contributed by atoms with Gasteiger partial charge in [-0.25, -0.2) is 19.4 Å². The molecule has 0 spiro atoms. The minimum Gasteiger partial charge on any atom is -0.445 e. The standard InChI is InChI=1S/C34H50N4O6S/c1-33(2,3)43-31(40)37(21-14-22-38(28-18-11-8-12-19-28)32(41)44-34(4,5)6)20-13-17-27-25-45-29(36-27)23-35-30(39)42-24-26-15-9-7-10-16-26/h7,9-10,13,15-17,25,28H,8,11-12,14,18-24H2,1-6H3,(H,35,39)/b17-13+. The highest BCUT2D eigenvalue weighted by molar-refractivity contribution is 7.09. The van der Waals surface area contributed by atoms with Crippen LogP contribution in [0.5, 0.6) is 0 Å². The van der Waals surface area contributed by atoms with Crippen LogP contribution in [0, 0.1) is 0 Å². The van der Waals surface area contributed by atoms with E-state index in [2.05, 4.69) is 10.3 Å². The van der Waals surface area contributed by atoms with Crippen LogP contribution >= 0.6 is 11.3 Å². The second-order valence-corrected chi connectivity index (χ2v) is 14.2. The van der Waals surface area contributed by atoms with Gasteiger partial charge in [-0.3, -0.25) is 0 Å². The van der Waals surface area contributed by atoms with Gasteiger partial charge < -0.3 is 29.3 Å². The number of ether oxygens (including phenoxy) is 3. The number of alkyl carbamates (subject to hydrolysis) is 1. The van der Waals surface area contributed by atoms with Crippen LogP contribution in [0.1, 0.15) is 96.3 Å². The maximum atomic E-state index is 13.1. The smallest absolute Gasteiger partial charge is 0.410 e. The average Bonchev–Trinajstić information content (AvgIpc) is 3.43. The number of amides is 3. The third kappa shape index (κ3) is 13.9. The molecule has 1 aliphatic rings. The highest BCUT2D eigenvalue weighted by atomic mass is 32.1. The zero-order valence-electron chi connectivity index (χ0n) is 27.7. The van der Waals surface area contributed by atoms with Crippen molar-refractivity contribution in [2.45, 2.75) is 110 Å². The largest absolute Gasteiger partial charge is 0.445 e. The fourth-order valence-electron chi connectivity index (χ4n) is 4.86. The van der Waals surface area contributed by atoms with Gasteiger partial charge in [0.25, 0.3) is 0 Å². The third-order valence-electron chi connectivity index (χ3n) is 6.90. The van der Waals surface area contributed by atoms with Crippen LogP contribution in [-0.2, 0) is 27.4 Å². The Bertz CT molecular complexity index is 1250. The molecule has 3 rings (SSSR count).